The minimum Gasteiger partial charge on any atom is -0.463 e. The zero-order valence-electron chi connectivity index (χ0n) is 8.41. The molecule has 0 aromatic heterocycles. The molecular weight excluding hydrogens is 212 g/mol. The van der Waals surface area contributed by atoms with E-state index in [1.165, 1.54) is 6.08 Å². The van der Waals surface area contributed by atoms with Crippen molar-refractivity contribution >= 4 is 17.6 Å². The largest absolute Gasteiger partial charge is 0.463 e. The van der Waals surface area contributed by atoms with Crippen LogP contribution in [-0.4, -0.2) is 12.6 Å². The molecular formula is C12H13ClO2. The molecule has 0 radical (unpaired) electrons. The minimum atomic E-state index is -0.374. The van der Waals surface area contributed by atoms with Crippen molar-refractivity contribution in [3.63, 3.8) is 0 Å². The molecule has 0 unspecified atom stereocenters. The molecule has 0 amide bonds. The van der Waals surface area contributed by atoms with Crippen LogP contribution in [0.3, 0.4) is 0 Å². The summed E-state index contributed by atoms with van der Waals surface area (Å²) in [6.45, 7) is 3.73. The van der Waals surface area contributed by atoms with Gasteiger partial charge in [-0.1, -0.05) is 30.3 Å². The monoisotopic (exact) mass is 224 g/mol. The summed E-state index contributed by atoms with van der Waals surface area (Å²) < 4.78 is 4.85. The summed E-state index contributed by atoms with van der Waals surface area (Å²) in [6.07, 6.45) is 2.81. The second-order valence-corrected chi connectivity index (χ2v) is 3.54. The smallest absolute Gasteiger partial charge is 0.330 e. The van der Waals surface area contributed by atoms with E-state index in [2.05, 4.69) is 6.58 Å². The molecule has 0 aliphatic carbocycles. The van der Waals surface area contributed by atoms with Crippen LogP contribution in [0.1, 0.15) is 12.0 Å². The Morgan fingerprint density at radius 3 is 3.00 bits per heavy atom. The van der Waals surface area contributed by atoms with Crippen LogP contribution in [0.4, 0.5) is 0 Å². The Bertz CT molecular complexity index is 347. The maximum Gasteiger partial charge on any atom is 0.330 e. The number of hydrogen-bond acceptors (Lipinski definition) is 2. The Labute approximate surface area is 94.5 Å². The number of halogens is 1. The van der Waals surface area contributed by atoms with Gasteiger partial charge in [-0.3, -0.25) is 0 Å². The third kappa shape index (κ3) is 4.66. The van der Waals surface area contributed by atoms with Crippen molar-refractivity contribution in [2.24, 2.45) is 0 Å². The molecule has 0 aliphatic rings. The molecule has 80 valence electrons. The van der Waals surface area contributed by atoms with E-state index in [4.69, 9.17) is 16.3 Å². The van der Waals surface area contributed by atoms with E-state index in [-0.39, 0.29) is 5.97 Å². The number of hydrogen-bond donors (Lipinski definition) is 0. The zero-order valence-corrected chi connectivity index (χ0v) is 9.17. The molecule has 0 saturated heterocycles. The maximum atomic E-state index is 10.7. The van der Waals surface area contributed by atoms with Gasteiger partial charge in [0.1, 0.15) is 0 Å². The van der Waals surface area contributed by atoms with E-state index in [1.54, 1.807) is 0 Å². The standard InChI is InChI=1S/C12H13ClO2/c1-2-12(14)15-8-4-6-10-5-3-7-11(13)9-10/h2-3,5,7,9H,1,4,6,8H2. The average molecular weight is 225 g/mol. The third-order valence-electron chi connectivity index (χ3n) is 1.91. The van der Waals surface area contributed by atoms with Crippen LogP contribution in [0.5, 0.6) is 0 Å². The van der Waals surface area contributed by atoms with Gasteiger partial charge in [0.25, 0.3) is 0 Å². The summed E-state index contributed by atoms with van der Waals surface area (Å²) in [4.78, 5) is 10.7. The minimum absolute atomic E-state index is 0.374. The molecule has 1 aromatic carbocycles. The molecule has 1 rings (SSSR count). The van der Waals surface area contributed by atoms with Gasteiger partial charge >= 0.3 is 5.97 Å². The Kier molecular flexibility index (Phi) is 4.91. The quantitative estimate of drug-likeness (QED) is 0.437. The van der Waals surface area contributed by atoms with Gasteiger partial charge in [0, 0.05) is 11.1 Å². The molecule has 0 saturated carbocycles. The predicted molar refractivity (Wildman–Crippen MR) is 60.9 cm³/mol. The first-order valence-electron chi connectivity index (χ1n) is 4.76. The second kappa shape index (κ2) is 6.25. The fourth-order valence-electron chi connectivity index (χ4n) is 1.20. The maximum absolute atomic E-state index is 10.7. The van der Waals surface area contributed by atoms with Crippen LogP contribution < -0.4 is 0 Å². The third-order valence-corrected chi connectivity index (χ3v) is 2.14. The van der Waals surface area contributed by atoms with Gasteiger partial charge in [0.2, 0.25) is 0 Å². The van der Waals surface area contributed by atoms with Crippen molar-refractivity contribution in [1.29, 1.82) is 0 Å². The number of esters is 1. The van der Waals surface area contributed by atoms with Crippen LogP contribution in [0.2, 0.25) is 5.02 Å². The van der Waals surface area contributed by atoms with Crippen LogP contribution in [-0.2, 0) is 16.0 Å². The van der Waals surface area contributed by atoms with E-state index in [0.717, 1.165) is 23.4 Å². The van der Waals surface area contributed by atoms with E-state index in [9.17, 15) is 4.79 Å². The molecule has 0 N–H and O–H groups in total. The summed E-state index contributed by atoms with van der Waals surface area (Å²) in [7, 11) is 0. The van der Waals surface area contributed by atoms with Gasteiger partial charge in [-0.05, 0) is 30.5 Å². The van der Waals surface area contributed by atoms with Crippen molar-refractivity contribution in [3.8, 4) is 0 Å². The van der Waals surface area contributed by atoms with E-state index in [0.29, 0.717) is 6.61 Å². The molecule has 15 heavy (non-hydrogen) atoms. The molecule has 0 fully saturated rings. The highest BCUT2D eigenvalue weighted by molar-refractivity contribution is 6.30. The highest BCUT2D eigenvalue weighted by Crippen LogP contribution is 2.12. The van der Waals surface area contributed by atoms with Crippen molar-refractivity contribution in [1.82, 2.24) is 0 Å². The number of benzene rings is 1. The first kappa shape index (κ1) is 11.8. The fourth-order valence-corrected chi connectivity index (χ4v) is 1.41. The van der Waals surface area contributed by atoms with Crippen molar-refractivity contribution < 1.29 is 9.53 Å². The van der Waals surface area contributed by atoms with Crippen LogP contribution in [0.25, 0.3) is 0 Å². The van der Waals surface area contributed by atoms with Crippen molar-refractivity contribution in [2.75, 3.05) is 6.61 Å². The fraction of sp³-hybridized carbons (Fsp3) is 0.250. The molecule has 1 aromatic rings. The lowest BCUT2D eigenvalue weighted by Gasteiger charge is -2.02. The number of ether oxygens (including phenoxy) is 1. The molecule has 0 heterocycles. The number of rotatable bonds is 5. The lowest BCUT2D eigenvalue weighted by atomic mass is 10.1. The van der Waals surface area contributed by atoms with Crippen LogP contribution >= 0.6 is 11.6 Å². The molecule has 0 aliphatic heterocycles. The zero-order chi connectivity index (χ0) is 11.1. The Morgan fingerprint density at radius 2 is 2.33 bits per heavy atom. The highest BCUT2D eigenvalue weighted by atomic mass is 35.5. The summed E-state index contributed by atoms with van der Waals surface area (Å²) in [5.41, 5.74) is 1.15. The van der Waals surface area contributed by atoms with Crippen LogP contribution in [0.15, 0.2) is 36.9 Å². The van der Waals surface area contributed by atoms with Crippen LogP contribution in [0, 0.1) is 0 Å². The van der Waals surface area contributed by atoms with Gasteiger partial charge in [-0.25, -0.2) is 4.79 Å². The van der Waals surface area contributed by atoms with Gasteiger partial charge in [-0.2, -0.15) is 0 Å². The summed E-state index contributed by atoms with van der Waals surface area (Å²) in [5, 5.41) is 0.732. The molecule has 2 nitrogen and oxygen atoms in total. The summed E-state index contributed by atoms with van der Waals surface area (Å²) in [6, 6.07) is 7.66. The van der Waals surface area contributed by atoms with Gasteiger partial charge < -0.3 is 4.74 Å². The van der Waals surface area contributed by atoms with E-state index < -0.39 is 0 Å². The molecule has 3 heteroatoms. The lowest BCUT2D eigenvalue weighted by molar-refractivity contribution is -0.137. The number of carbonyl (C=O) groups is 1. The topological polar surface area (TPSA) is 26.3 Å². The molecule has 0 spiro atoms. The van der Waals surface area contributed by atoms with Crippen molar-refractivity contribution in [2.45, 2.75) is 12.8 Å². The lowest BCUT2D eigenvalue weighted by Crippen LogP contribution is -2.02. The Morgan fingerprint density at radius 1 is 1.53 bits per heavy atom. The van der Waals surface area contributed by atoms with Crippen molar-refractivity contribution in [3.05, 3.63) is 47.5 Å². The predicted octanol–water partition coefficient (Wildman–Crippen LogP) is 3.00. The summed E-state index contributed by atoms with van der Waals surface area (Å²) >= 11 is 5.83. The molecule has 0 bridgehead atoms. The number of carbonyl (C=O) groups excluding carboxylic acids is 1. The summed E-state index contributed by atoms with van der Waals surface area (Å²) in [5.74, 6) is -0.374. The normalized spacial score (nSPS) is 9.67. The highest BCUT2D eigenvalue weighted by Gasteiger charge is 1.97. The first-order chi connectivity index (χ1) is 7.22. The second-order valence-electron chi connectivity index (χ2n) is 3.11. The van der Waals surface area contributed by atoms with E-state index in [1.807, 2.05) is 24.3 Å². The van der Waals surface area contributed by atoms with Gasteiger partial charge in [0.05, 0.1) is 6.61 Å². The first-order valence-corrected chi connectivity index (χ1v) is 5.14. The van der Waals surface area contributed by atoms with E-state index >= 15 is 0 Å². The average Bonchev–Trinajstić information content (AvgIpc) is 2.24. The Balaban J connectivity index is 2.26. The number of aryl methyl sites for hydroxylation is 1. The molecule has 0 atom stereocenters. The SMILES string of the molecule is C=CC(=O)OCCCc1cccc(Cl)c1. The van der Waals surface area contributed by atoms with Gasteiger partial charge in [-0.15, -0.1) is 0 Å². The Hall–Kier alpha value is -1.28. The van der Waals surface area contributed by atoms with Gasteiger partial charge in [0.15, 0.2) is 0 Å².